The van der Waals surface area contributed by atoms with Gasteiger partial charge in [-0.1, -0.05) is 37.3 Å². The van der Waals surface area contributed by atoms with Crippen LogP contribution in [0.3, 0.4) is 0 Å². The minimum absolute atomic E-state index is 0.0642. The zero-order valence-corrected chi connectivity index (χ0v) is 23.5. The Balaban J connectivity index is 1.46. The molecule has 1 atom stereocenters. The summed E-state index contributed by atoms with van der Waals surface area (Å²) >= 11 is 1.55. The van der Waals surface area contributed by atoms with Crippen LogP contribution in [-0.2, 0) is 11.3 Å². The van der Waals surface area contributed by atoms with Gasteiger partial charge in [-0.3, -0.25) is 4.79 Å². The van der Waals surface area contributed by atoms with Gasteiger partial charge < -0.3 is 18.8 Å². The van der Waals surface area contributed by atoms with Crippen molar-refractivity contribution in [2.75, 3.05) is 27.1 Å². The number of thioether (sulfide) groups is 1. The molecule has 202 valence electrons. The fourth-order valence-electron chi connectivity index (χ4n) is 5.07. The summed E-state index contributed by atoms with van der Waals surface area (Å²) in [7, 11) is 4.88. The molecule has 0 bridgehead atoms. The van der Waals surface area contributed by atoms with Gasteiger partial charge in [0.25, 0.3) is 5.91 Å². The third kappa shape index (κ3) is 5.34. The standard InChI is InChI=1S/C31H33N3O4S/c1-5-17-33-19-29(23-9-6-7-11-26(23)33)39-20-30(35)34-27(24-10-8-12-28(37-3)31(24)38-4)18-25(32-34)21-13-15-22(36-2)16-14-21/h6-16,19,27H,5,17-18,20H2,1-4H3/t27-/m0/s1. The number of rotatable bonds is 10. The van der Waals surface area contributed by atoms with Crippen LogP contribution in [0.1, 0.15) is 36.9 Å². The van der Waals surface area contributed by atoms with E-state index >= 15 is 0 Å². The zero-order chi connectivity index (χ0) is 27.4. The molecule has 0 N–H and O–H groups in total. The summed E-state index contributed by atoms with van der Waals surface area (Å²) in [6.07, 6.45) is 3.76. The first-order valence-electron chi connectivity index (χ1n) is 13.0. The molecular weight excluding hydrogens is 510 g/mol. The summed E-state index contributed by atoms with van der Waals surface area (Å²) in [6.45, 7) is 3.11. The third-order valence-electron chi connectivity index (χ3n) is 6.95. The third-order valence-corrected chi connectivity index (χ3v) is 7.98. The first-order valence-corrected chi connectivity index (χ1v) is 14.0. The number of benzene rings is 3. The summed E-state index contributed by atoms with van der Waals surface area (Å²) in [5, 5.41) is 7.64. The van der Waals surface area contributed by atoms with Crippen molar-refractivity contribution in [1.29, 1.82) is 0 Å². The summed E-state index contributed by atoms with van der Waals surface area (Å²) in [6, 6.07) is 21.6. The van der Waals surface area contributed by atoms with Gasteiger partial charge >= 0.3 is 0 Å². The van der Waals surface area contributed by atoms with Crippen LogP contribution in [0.2, 0.25) is 0 Å². The number of hydrogen-bond donors (Lipinski definition) is 0. The van der Waals surface area contributed by atoms with Crippen LogP contribution in [0.15, 0.2) is 82.9 Å². The molecule has 1 aliphatic rings. The fourth-order valence-corrected chi connectivity index (χ4v) is 6.02. The lowest BCUT2D eigenvalue weighted by atomic mass is 9.97. The number of amides is 1. The van der Waals surface area contributed by atoms with Crippen molar-refractivity contribution in [2.24, 2.45) is 5.10 Å². The molecule has 3 aromatic carbocycles. The molecule has 39 heavy (non-hydrogen) atoms. The minimum Gasteiger partial charge on any atom is -0.497 e. The summed E-state index contributed by atoms with van der Waals surface area (Å²) in [4.78, 5) is 14.9. The van der Waals surface area contributed by atoms with Crippen molar-refractivity contribution in [3.05, 3.63) is 84.1 Å². The number of hydrazone groups is 1. The highest BCUT2D eigenvalue weighted by atomic mass is 32.2. The fraction of sp³-hybridized carbons (Fsp3) is 0.290. The monoisotopic (exact) mass is 543 g/mol. The van der Waals surface area contributed by atoms with Gasteiger partial charge in [0.15, 0.2) is 11.5 Å². The van der Waals surface area contributed by atoms with E-state index in [4.69, 9.17) is 19.3 Å². The number of ether oxygens (including phenoxy) is 3. The predicted molar refractivity (Wildman–Crippen MR) is 156 cm³/mol. The van der Waals surface area contributed by atoms with E-state index in [1.807, 2.05) is 48.5 Å². The Kier molecular flexibility index (Phi) is 8.12. The molecule has 5 rings (SSSR count). The van der Waals surface area contributed by atoms with Gasteiger partial charge in [0.2, 0.25) is 0 Å². The number of nitrogens with zero attached hydrogens (tertiary/aromatic N) is 3. The van der Waals surface area contributed by atoms with E-state index in [-0.39, 0.29) is 17.7 Å². The molecule has 1 amide bonds. The summed E-state index contributed by atoms with van der Waals surface area (Å²) in [5.74, 6) is 2.21. The van der Waals surface area contributed by atoms with Crippen LogP contribution in [0.25, 0.3) is 10.9 Å². The number of carbonyl (C=O) groups is 1. The Labute approximate surface area is 233 Å². The molecule has 0 saturated heterocycles. The van der Waals surface area contributed by atoms with Crippen LogP contribution in [0.4, 0.5) is 0 Å². The number of carbonyl (C=O) groups excluding carboxylic acids is 1. The van der Waals surface area contributed by atoms with Crippen molar-refractivity contribution < 1.29 is 19.0 Å². The Bertz CT molecular complexity index is 1500. The first kappa shape index (κ1) is 26.7. The van der Waals surface area contributed by atoms with E-state index in [0.717, 1.165) is 40.4 Å². The van der Waals surface area contributed by atoms with Gasteiger partial charge in [-0.05, 0) is 48.4 Å². The number of fused-ring (bicyclic) bond motifs is 1. The molecule has 0 radical (unpaired) electrons. The Morgan fingerprint density at radius 2 is 1.77 bits per heavy atom. The molecule has 7 nitrogen and oxygen atoms in total. The topological polar surface area (TPSA) is 65.3 Å². The van der Waals surface area contributed by atoms with Gasteiger partial charge in [-0.25, -0.2) is 5.01 Å². The van der Waals surface area contributed by atoms with E-state index in [0.29, 0.717) is 17.9 Å². The van der Waals surface area contributed by atoms with Crippen LogP contribution in [0, 0.1) is 0 Å². The first-order chi connectivity index (χ1) is 19.1. The second-order valence-electron chi connectivity index (χ2n) is 9.31. The van der Waals surface area contributed by atoms with Gasteiger partial charge in [0.1, 0.15) is 5.75 Å². The van der Waals surface area contributed by atoms with Gasteiger partial charge in [-0.15, -0.1) is 11.8 Å². The maximum Gasteiger partial charge on any atom is 0.253 e. The molecule has 0 saturated carbocycles. The Hall–Kier alpha value is -3.91. The molecule has 0 fully saturated rings. The normalized spacial score (nSPS) is 14.9. The maximum absolute atomic E-state index is 13.8. The largest absolute Gasteiger partial charge is 0.497 e. The van der Waals surface area contributed by atoms with Crippen LogP contribution in [0.5, 0.6) is 17.2 Å². The van der Waals surface area contributed by atoms with Gasteiger partial charge in [0, 0.05) is 40.5 Å². The van der Waals surface area contributed by atoms with Crippen molar-refractivity contribution in [3.8, 4) is 17.2 Å². The summed E-state index contributed by atoms with van der Waals surface area (Å²) in [5.41, 5.74) is 3.84. The van der Waals surface area contributed by atoms with Crippen molar-refractivity contribution in [2.45, 2.75) is 37.2 Å². The lowest BCUT2D eigenvalue weighted by molar-refractivity contribution is -0.130. The maximum atomic E-state index is 13.8. The molecular formula is C31H33N3O4S. The highest BCUT2D eigenvalue weighted by Crippen LogP contribution is 2.42. The van der Waals surface area contributed by atoms with Crippen molar-refractivity contribution in [1.82, 2.24) is 9.58 Å². The highest BCUT2D eigenvalue weighted by Gasteiger charge is 2.35. The minimum atomic E-state index is -0.318. The molecule has 2 heterocycles. The zero-order valence-electron chi connectivity index (χ0n) is 22.7. The number of aryl methyl sites for hydroxylation is 1. The van der Waals surface area contributed by atoms with E-state index in [2.05, 4.69) is 35.9 Å². The molecule has 4 aromatic rings. The van der Waals surface area contributed by atoms with E-state index in [1.54, 1.807) is 38.1 Å². The molecule has 1 aliphatic heterocycles. The molecule has 8 heteroatoms. The lowest BCUT2D eigenvalue weighted by Crippen LogP contribution is -2.28. The lowest BCUT2D eigenvalue weighted by Gasteiger charge is -2.24. The van der Waals surface area contributed by atoms with E-state index < -0.39 is 0 Å². The van der Waals surface area contributed by atoms with E-state index in [1.165, 1.54) is 10.9 Å². The van der Waals surface area contributed by atoms with Gasteiger partial charge in [0.05, 0.1) is 38.8 Å². The number of para-hydroxylation sites is 2. The highest BCUT2D eigenvalue weighted by molar-refractivity contribution is 8.00. The smallest absolute Gasteiger partial charge is 0.253 e. The van der Waals surface area contributed by atoms with Crippen LogP contribution >= 0.6 is 11.8 Å². The second-order valence-corrected chi connectivity index (χ2v) is 10.3. The van der Waals surface area contributed by atoms with Crippen molar-refractivity contribution in [3.63, 3.8) is 0 Å². The van der Waals surface area contributed by atoms with Crippen LogP contribution < -0.4 is 14.2 Å². The Morgan fingerprint density at radius 3 is 2.49 bits per heavy atom. The van der Waals surface area contributed by atoms with E-state index in [9.17, 15) is 4.79 Å². The molecule has 0 spiro atoms. The van der Waals surface area contributed by atoms with Crippen LogP contribution in [-0.4, -0.2) is 48.3 Å². The number of aromatic nitrogens is 1. The quantitative estimate of drug-likeness (QED) is 0.212. The molecule has 0 unspecified atom stereocenters. The molecule has 0 aliphatic carbocycles. The summed E-state index contributed by atoms with van der Waals surface area (Å²) < 4.78 is 18.9. The molecule has 1 aromatic heterocycles. The Morgan fingerprint density at radius 1 is 0.974 bits per heavy atom. The average molecular weight is 544 g/mol. The average Bonchev–Trinajstić information content (AvgIpc) is 3.58. The number of methoxy groups -OCH3 is 3. The number of hydrogen-bond acceptors (Lipinski definition) is 6. The SMILES string of the molecule is CCCn1cc(SCC(=O)N2N=C(c3ccc(OC)cc3)C[C@H]2c2cccc(OC)c2OC)c2ccccc21. The second kappa shape index (κ2) is 11.9. The predicted octanol–water partition coefficient (Wildman–Crippen LogP) is 6.55. The van der Waals surface area contributed by atoms with Gasteiger partial charge in [-0.2, -0.15) is 5.10 Å². The van der Waals surface area contributed by atoms with Crippen molar-refractivity contribution >= 4 is 34.3 Å².